The third-order valence-corrected chi connectivity index (χ3v) is 5.96. The van der Waals surface area contributed by atoms with Crippen LogP contribution >= 0.6 is 0 Å². The first kappa shape index (κ1) is 22.8. The highest BCUT2D eigenvalue weighted by Crippen LogP contribution is 2.27. The maximum absolute atomic E-state index is 9.42. The van der Waals surface area contributed by atoms with Crippen molar-refractivity contribution in [2.24, 2.45) is 0 Å². The Bertz CT molecular complexity index is 760. The van der Waals surface area contributed by atoms with E-state index in [1.54, 1.807) is 7.11 Å². The molecule has 6 nitrogen and oxygen atoms in total. The molecule has 1 aliphatic heterocycles. The topological polar surface area (TPSA) is 60.9 Å². The summed E-state index contributed by atoms with van der Waals surface area (Å²) in [5.41, 5.74) is 2.06. The van der Waals surface area contributed by atoms with E-state index >= 15 is 0 Å². The van der Waals surface area contributed by atoms with Crippen molar-refractivity contribution in [3.8, 4) is 5.75 Å². The standard InChI is InChI=1S/C24H38N4O2/c1-20(29)9-13-28-16-14-27(15-17-28)12-6-4-3-5-10-25-23-19-22(30-2)18-21-8-7-11-26-24(21)23/h7-8,11,18-20,25,29H,3-6,9-10,12-17H2,1-2H3/t20-/m0/s1. The molecular weight excluding hydrogens is 376 g/mol. The summed E-state index contributed by atoms with van der Waals surface area (Å²) in [6.45, 7) is 9.67. The number of anilines is 1. The van der Waals surface area contributed by atoms with Crippen LogP contribution in [0.4, 0.5) is 5.69 Å². The monoisotopic (exact) mass is 414 g/mol. The van der Waals surface area contributed by atoms with Crippen LogP contribution in [0.1, 0.15) is 39.0 Å². The Morgan fingerprint density at radius 3 is 2.53 bits per heavy atom. The van der Waals surface area contributed by atoms with E-state index in [4.69, 9.17) is 4.74 Å². The van der Waals surface area contributed by atoms with E-state index in [0.717, 1.165) is 68.0 Å². The van der Waals surface area contributed by atoms with Crippen LogP contribution in [0.15, 0.2) is 30.5 Å². The molecule has 0 unspecified atom stereocenters. The van der Waals surface area contributed by atoms with Crippen LogP contribution in [-0.2, 0) is 0 Å². The molecule has 2 N–H and O–H groups in total. The molecule has 0 saturated carbocycles. The van der Waals surface area contributed by atoms with Gasteiger partial charge in [-0.1, -0.05) is 18.9 Å². The quantitative estimate of drug-likeness (QED) is 0.518. The molecule has 0 amide bonds. The highest BCUT2D eigenvalue weighted by molar-refractivity contribution is 5.91. The molecule has 2 heterocycles. The summed E-state index contributed by atoms with van der Waals surface area (Å²) >= 11 is 0. The zero-order chi connectivity index (χ0) is 21.2. The lowest BCUT2D eigenvalue weighted by atomic mass is 10.1. The van der Waals surface area contributed by atoms with Crippen molar-refractivity contribution >= 4 is 16.6 Å². The summed E-state index contributed by atoms with van der Waals surface area (Å²) in [5.74, 6) is 0.865. The maximum atomic E-state index is 9.42. The van der Waals surface area contributed by atoms with E-state index in [1.165, 1.54) is 32.2 Å². The molecule has 1 saturated heterocycles. The number of rotatable bonds is 12. The molecule has 1 aliphatic rings. The van der Waals surface area contributed by atoms with Crippen LogP contribution in [0.25, 0.3) is 10.9 Å². The van der Waals surface area contributed by atoms with Gasteiger partial charge in [0.2, 0.25) is 0 Å². The lowest BCUT2D eigenvalue weighted by Gasteiger charge is -2.34. The number of ether oxygens (including phenoxy) is 1. The van der Waals surface area contributed by atoms with E-state index in [-0.39, 0.29) is 6.10 Å². The molecule has 0 spiro atoms. The van der Waals surface area contributed by atoms with Gasteiger partial charge in [-0.25, -0.2) is 0 Å². The van der Waals surface area contributed by atoms with E-state index in [1.807, 2.05) is 31.3 Å². The third kappa shape index (κ3) is 7.11. The predicted molar refractivity (Wildman–Crippen MR) is 124 cm³/mol. The van der Waals surface area contributed by atoms with Crippen molar-refractivity contribution in [3.05, 3.63) is 30.5 Å². The van der Waals surface area contributed by atoms with Gasteiger partial charge in [-0.3, -0.25) is 4.98 Å². The highest BCUT2D eigenvalue weighted by Gasteiger charge is 2.16. The number of hydrogen-bond acceptors (Lipinski definition) is 6. The fourth-order valence-electron chi connectivity index (χ4n) is 4.06. The molecule has 0 aliphatic carbocycles. The number of hydrogen-bond donors (Lipinski definition) is 2. The van der Waals surface area contributed by atoms with E-state index < -0.39 is 0 Å². The molecule has 30 heavy (non-hydrogen) atoms. The number of fused-ring (bicyclic) bond motifs is 1. The van der Waals surface area contributed by atoms with Gasteiger partial charge in [0.25, 0.3) is 0 Å². The van der Waals surface area contributed by atoms with E-state index in [0.29, 0.717) is 0 Å². The van der Waals surface area contributed by atoms with Crippen molar-refractivity contribution in [1.29, 1.82) is 0 Å². The first-order chi connectivity index (χ1) is 14.7. The predicted octanol–water partition coefficient (Wildman–Crippen LogP) is 3.60. The van der Waals surface area contributed by atoms with Crippen LogP contribution in [0.3, 0.4) is 0 Å². The highest BCUT2D eigenvalue weighted by atomic mass is 16.5. The van der Waals surface area contributed by atoms with Gasteiger partial charge in [-0.15, -0.1) is 0 Å². The van der Waals surface area contributed by atoms with Crippen molar-refractivity contribution in [1.82, 2.24) is 14.8 Å². The Morgan fingerprint density at radius 1 is 1.07 bits per heavy atom. The number of piperazine rings is 1. The zero-order valence-electron chi connectivity index (χ0n) is 18.6. The van der Waals surface area contributed by atoms with Crippen LogP contribution in [0, 0.1) is 0 Å². The van der Waals surface area contributed by atoms with Crippen LogP contribution < -0.4 is 10.1 Å². The fourth-order valence-corrected chi connectivity index (χ4v) is 4.06. The molecule has 166 valence electrons. The fraction of sp³-hybridized carbons (Fsp3) is 0.625. The van der Waals surface area contributed by atoms with Gasteiger partial charge in [0.05, 0.1) is 24.4 Å². The summed E-state index contributed by atoms with van der Waals surface area (Å²) in [6, 6.07) is 8.10. The van der Waals surface area contributed by atoms with Gasteiger partial charge in [-0.2, -0.15) is 0 Å². The number of nitrogens with zero attached hydrogens (tertiary/aromatic N) is 3. The number of pyridine rings is 1. The van der Waals surface area contributed by atoms with Crippen LogP contribution in [0.2, 0.25) is 0 Å². The average Bonchev–Trinajstić information content (AvgIpc) is 2.77. The number of unbranched alkanes of at least 4 members (excludes halogenated alkanes) is 3. The van der Waals surface area contributed by atoms with E-state index in [2.05, 4.69) is 26.2 Å². The molecule has 1 atom stereocenters. The van der Waals surface area contributed by atoms with Crippen molar-refractivity contribution in [2.75, 3.05) is 58.2 Å². The number of aliphatic hydroxyl groups excluding tert-OH is 1. The molecule has 3 rings (SSSR count). The normalized spacial score (nSPS) is 16.6. The Kier molecular flexibility index (Phi) is 9.18. The second-order valence-electron chi connectivity index (χ2n) is 8.41. The first-order valence-corrected chi connectivity index (χ1v) is 11.4. The molecule has 1 aromatic heterocycles. The van der Waals surface area contributed by atoms with Crippen LogP contribution in [-0.4, -0.2) is 78.9 Å². The second-order valence-corrected chi connectivity index (χ2v) is 8.41. The molecule has 1 fully saturated rings. The van der Waals surface area contributed by atoms with E-state index in [9.17, 15) is 5.11 Å². The van der Waals surface area contributed by atoms with Crippen LogP contribution in [0.5, 0.6) is 5.75 Å². The molecular formula is C24H38N4O2. The molecule has 6 heteroatoms. The minimum absolute atomic E-state index is 0.184. The number of benzene rings is 1. The van der Waals surface area contributed by atoms with Crippen molar-refractivity contribution in [3.63, 3.8) is 0 Å². The summed E-state index contributed by atoms with van der Waals surface area (Å²) in [7, 11) is 1.71. The smallest absolute Gasteiger partial charge is 0.121 e. The SMILES string of the molecule is COc1cc(NCCCCCCN2CCN(CC[C@H](C)O)CC2)c2ncccc2c1. The summed E-state index contributed by atoms with van der Waals surface area (Å²) in [4.78, 5) is 9.59. The number of nitrogens with one attached hydrogen (secondary N) is 1. The van der Waals surface area contributed by atoms with Crippen molar-refractivity contribution in [2.45, 2.75) is 45.1 Å². The molecule has 0 radical (unpaired) electrons. The van der Waals surface area contributed by atoms with Gasteiger partial charge in [-0.05, 0) is 44.9 Å². The van der Waals surface area contributed by atoms with Crippen molar-refractivity contribution < 1.29 is 9.84 Å². The second kappa shape index (κ2) is 12.1. The number of aromatic nitrogens is 1. The molecule has 0 bridgehead atoms. The Morgan fingerprint density at radius 2 is 1.80 bits per heavy atom. The Hall–Kier alpha value is -1.89. The Labute approximate surface area is 181 Å². The summed E-state index contributed by atoms with van der Waals surface area (Å²) in [6.07, 6.45) is 7.51. The minimum atomic E-state index is -0.184. The lowest BCUT2D eigenvalue weighted by Crippen LogP contribution is -2.47. The number of aliphatic hydroxyl groups is 1. The first-order valence-electron chi connectivity index (χ1n) is 11.4. The number of methoxy groups -OCH3 is 1. The Balaban J connectivity index is 1.28. The van der Waals surface area contributed by atoms with Gasteiger partial charge in [0.15, 0.2) is 0 Å². The summed E-state index contributed by atoms with van der Waals surface area (Å²) in [5, 5.41) is 14.1. The zero-order valence-corrected chi connectivity index (χ0v) is 18.6. The maximum Gasteiger partial charge on any atom is 0.121 e. The molecule has 2 aromatic rings. The van der Waals surface area contributed by atoms with Gasteiger partial charge in [0, 0.05) is 56.9 Å². The van der Waals surface area contributed by atoms with Gasteiger partial charge in [0.1, 0.15) is 5.75 Å². The van der Waals surface area contributed by atoms with Gasteiger partial charge >= 0.3 is 0 Å². The summed E-state index contributed by atoms with van der Waals surface area (Å²) < 4.78 is 5.42. The average molecular weight is 415 g/mol. The largest absolute Gasteiger partial charge is 0.497 e. The third-order valence-electron chi connectivity index (χ3n) is 5.96. The molecule has 1 aromatic carbocycles. The van der Waals surface area contributed by atoms with Gasteiger partial charge < -0.3 is 25.0 Å². The minimum Gasteiger partial charge on any atom is -0.497 e. The lowest BCUT2D eigenvalue weighted by molar-refractivity contribution is 0.107.